The predicted molar refractivity (Wildman–Crippen MR) is 120 cm³/mol. The number of amides is 2. The number of alkyl carbamates (subject to hydrolysis) is 1. The number of rotatable bonds is 9. The summed E-state index contributed by atoms with van der Waals surface area (Å²) in [4.78, 5) is 37.4. The molecule has 166 valence electrons. The molecule has 0 saturated heterocycles. The van der Waals surface area contributed by atoms with Crippen LogP contribution in [0.5, 0.6) is 0 Å². The van der Waals surface area contributed by atoms with Crippen molar-refractivity contribution < 1.29 is 24.2 Å². The van der Waals surface area contributed by atoms with Crippen LogP contribution >= 0.6 is 0 Å². The van der Waals surface area contributed by atoms with E-state index in [-0.39, 0.29) is 19.1 Å². The van der Waals surface area contributed by atoms with Crippen LogP contribution in [-0.2, 0) is 14.3 Å². The van der Waals surface area contributed by atoms with Gasteiger partial charge in [0.15, 0.2) is 0 Å². The zero-order valence-electron chi connectivity index (χ0n) is 17.9. The number of carboxylic acids is 1. The van der Waals surface area contributed by atoms with E-state index in [0.717, 1.165) is 27.2 Å². The number of hydrogen-bond acceptors (Lipinski definition) is 4. The van der Waals surface area contributed by atoms with E-state index in [2.05, 4.69) is 11.2 Å². The van der Waals surface area contributed by atoms with Crippen molar-refractivity contribution in [3.05, 3.63) is 59.7 Å². The summed E-state index contributed by atoms with van der Waals surface area (Å²) >= 11 is 0. The van der Waals surface area contributed by atoms with E-state index in [1.807, 2.05) is 55.5 Å². The summed E-state index contributed by atoms with van der Waals surface area (Å²) in [5.74, 6) is 0.468. The Balaban J connectivity index is 1.68. The molecule has 0 saturated carbocycles. The number of benzene rings is 2. The molecule has 0 aliphatic heterocycles. The first kappa shape index (κ1) is 22.9. The quantitative estimate of drug-likeness (QED) is 0.591. The molecule has 2 aromatic rings. The highest BCUT2D eigenvalue weighted by atomic mass is 16.5. The molecule has 0 unspecified atom stereocenters. The van der Waals surface area contributed by atoms with Gasteiger partial charge in [-0.1, -0.05) is 67.8 Å². The molecule has 1 atom stereocenters. The van der Waals surface area contributed by atoms with Crippen molar-refractivity contribution in [2.75, 3.05) is 19.7 Å². The van der Waals surface area contributed by atoms with E-state index in [0.29, 0.717) is 12.8 Å². The number of ether oxygens (including phenoxy) is 1. The van der Waals surface area contributed by atoms with Crippen molar-refractivity contribution in [2.24, 2.45) is 0 Å². The third-order valence-corrected chi connectivity index (χ3v) is 5.43. The van der Waals surface area contributed by atoms with Crippen LogP contribution in [0.1, 0.15) is 36.8 Å². The third-order valence-electron chi connectivity index (χ3n) is 5.43. The molecule has 0 heterocycles. The molecule has 0 spiro atoms. The average Bonchev–Trinajstić information content (AvgIpc) is 3.10. The summed E-state index contributed by atoms with van der Waals surface area (Å²) < 4.78 is 5.51. The van der Waals surface area contributed by atoms with Gasteiger partial charge >= 0.3 is 12.1 Å². The van der Waals surface area contributed by atoms with Crippen molar-refractivity contribution in [3.8, 4) is 23.5 Å². The van der Waals surface area contributed by atoms with Crippen LogP contribution in [0, 0.1) is 12.3 Å². The van der Waals surface area contributed by atoms with E-state index in [9.17, 15) is 14.4 Å². The van der Waals surface area contributed by atoms with Crippen LogP contribution in [0.25, 0.3) is 11.1 Å². The zero-order chi connectivity index (χ0) is 23.1. The number of aliphatic carboxylic acids is 1. The summed E-state index contributed by atoms with van der Waals surface area (Å²) in [6, 6.07) is 15.1. The normalized spacial score (nSPS) is 12.8. The lowest BCUT2D eigenvalue weighted by molar-refractivity contribution is -0.144. The molecular formula is C25H26N2O5. The lowest BCUT2D eigenvalue weighted by Crippen LogP contribution is -2.50. The molecule has 7 nitrogen and oxygen atoms in total. The summed E-state index contributed by atoms with van der Waals surface area (Å²) in [5.41, 5.74) is 4.41. The number of fused-ring (bicyclic) bond motifs is 3. The molecule has 0 radical (unpaired) electrons. The van der Waals surface area contributed by atoms with E-state index < -0.39 is 30.6 Å². The SMILES string of the molecule is C#CCN(CC(=O)O)C(=O)[C@@H](CCC)NC(=O)OCC1c2ccccc2-c2ccccc21. The smallest absolute Gasteiger partial charge is 0.407 e. The molecule has 7 heteroatoms. The minimum Gasteiger partial charge on any atom is -0.480 e. The predicted octanol–water partition coefficient (Wildman–Crippen LogP) is 3.24. The molecular weight excluding hydrogens is 408 g/mol. The van der Waals surface area contributed by atoms with Crippen molar-refractivity contribution in [1.82, 2.24) is 10.2 Å². The molecule has 0 aromatic heterocycles. The summed E-state index contributed by atoms with van der Waals surface area (Å²) in [7, 11) is 0. The average molecular weight is 434 g/mol. The summed E-state index contributed by atoms with van der Waals surface area (Å²) in [6.07, 6.45) is 5.48. The first-order valence-electron chi connectivity index (χ1n) is 10.5. The second-order valence-electron chi connectivity index (χ2n) is 7.60. The maximum Gasteiger partial charge on any atom is 0.407 e. The molecule has 0 fully saturated rings. The van der Waals surface area contributed by atoms with E-state index in [1.54, 1.807) is 0 Å². The van der Waals surface area contributed by atoms with Gasteiger partial charge in [-0.3, -0.25) is 9.59 Å². The topological polar surface area (TPSA) is 95.9 Å². The molecule has 2 amide bonds. The Labute approximate surface area is 187 Å². The number of nitrogens with one attached hydrogen (secondary N) is 1. The van der Waals surface area contributed by atoms with Crippen LogP contribution in [0.4, 0.5) is 4.79 Å². The highest BCUT2D eigenvalue weighted by Gasteiger charge is 2.30. The number of hydrogen-bond donors (Lipinski definition) is 2. The van der Waals surface area contributed by atoms with Gasteiger partial charge in [-0.2, -0.15) is 0 Å². The number of nitrogens with zero attached hydrogens (tertiary/aromatic N) is 1. The van der Waals surface area contributed by atoms with Crippen molar-refractivity contribution in [3.63, 3.8) is 0 Å². The first-order valence-corrected chi connectivity index (χ1v) is 10.5. The maximum atomic E-state index is 12.8. The molecule has 32 heavy (non-hydrogen) atoms. The lowest BCUT2D eigenvalue weighted by atomic mass is 9.98. The van der Waals surface area contributed by atoms with Gasteiger partial charge in [0.2, 0.25) is 5.91 Å². The molecule has 2 N–H and O–H groups in total. The molecule has 1 aliphatic carbocycles. The Morgan fingerprint density at radius 2 is 1.72 bits per heavy atom. The lowest BCUT2D eigenvalue weighted by Gasteiger charge is -2.25. The van der Waals surface area contributed by atoms with Crippen molar-refractivity contribution >= 4 is 18.0 Å². The Morgan fingerprint density at radius 3 is 2.25 bits per heavy atom. The van der Waals surface area contributed by atoms with Gasteiger partial charge in [0.05, 0.1) is 6.54 Å². The van der Waals surface area contributed by atoms with Gasteiger partial charge in [-0.15, -0.1) is 6.42 Å². The molecule has 3 rings (SSSR count). The standard InChI is InChI=1S/C25H26N2O5/c1-3-9-22(24(30)27(14-4-2)15-23(28)29)26-25(31)32-16-21-19-12-7-5-10-17(19)18-11-6-8-13-20(18)21/h2,5-8,10-13,21-22H,3,9,14-16H2,1H3,(H,26,31)(H,28,29)/t22-/m1/s1. The van der Waals surface area contributed by atoms with Crippen LogP contribution in [0.3, 0.4) is 0 Å². The Hall–Kier alpha value is -3.79. The second-order valence-corrected chi connectivity index (χ2v) is 7.60. The third kappa shape index (κ3) is 5.09. The monoisotopic (exact) mass is 434 g/mol. The van der Waals surface area contributed by atoms with Gasteiger partial charge in [0.1, 0.15) is 19.2 Å². The fourth-order valence-corrected chi connectivity index (χ4v) is 4.03. The highest BCUT2D eigenvalue weighted by Crippen LogP contribution is 2.44. The Morgan fingerprint density at radius 1 is 1.12 bits per heavy atom. The minimum atomic E-state index is -1.18. The maximum absolute atomic E-state index is 12.8. The van der Waals surface area contributed by atoms with Crippen LogP contribution in [0.15, 0.2) is 48.5 Å². The number of carbonyl (C=O) groups excluding carboxylic acids is 2. The summed E-state index contributed by atoms with van der Waals surface area (Å²) in [6.45, 7) is 1.30. The van der Waals surface area contributed by atoms with Crippen LogP contribution < -0.4 is 5.32 Å². The summed E-state index contributed by atoms with van der Waals surface area (Å²) in [5, 5.41) is 11.6. The first-order chi connectivity index (χ1) is 15.5. The largest absolute Gasteiger partial charge is 0.480 e. The van der Waals surface area contributed by atoms with Gasteiger partial charge in [-0.05, 0) is 28.7 Å². The molecule has 1 aliphatic rings. The molecule has 0 bridgehead atoms. The van der Waals surface area contributed by atoms with Crippen LogP contribution in [0.2, 0.25) is 0 Å². The van der Waals surface area contributed by atoms with Crippen molar-refractivity contribution in [2.45, 2.75) is 31.7 Å². The van der Waals surface area contributed by atoms with E-state index >= 15 is 0 Å². The molecule has 2 aromatic carbocycles. The van der Waals surface area contributed by atoms with Gasteiger partial charge in [0, 0.05) is 5.92 Å². The Bertz CT molecular complexity index is 997. The zero-order valence-corrected chi connectivity index (χ0v) is 17.9. The number of carbonyl (C=O) groups is 3. The van der Waals surface area contributed by atoms with Crippen molar-refractivity contribution in [1.29, 1.82) is 0 Å². The Kier molecular flexibility index (Phi) is 7.50. The van der Waals surface area contributed by atoms with Gasteiger partial charge < -0.3 is 20.1 Å². The number of terminal acetylenes is 1. The fourth-order valence-electron chi connectivity index (χ4n) is 4.03. The van der Waals surface area contributed by atoms with Gasteiger partial charge in [-0.25, -0.2) is 4.79 Å². The van der Waals surface area contributed by atoms with E-state index in [1.165, 1.54) is 0 Å². The highest BCUT2D eigenvalue weighted by molar-refractivity contribution is 5.88. The number of carboxylic acid groups (broad SMARTS) is 1. The second kappa shape index (κ2) is 10.5. The minimum absolute atomic E-state index is 0.0987. The van der Waals surface area contributed by atoms with Gasteiger partial charge in [0.25, 0.3) is 0 Å². The van der Waals surface area contributed by atoms with E-state index in [4.69, 9.17) is 16.3 Å². The van der Waals surface area contributed by atoms with Crippen LogP contribution in [-0.4, -0.2) is 53.7 Å². The fraction of sp³-hybridized carbons (Fsp3) is 0.320.